The first kappa shape index (κ1) is 24.0. The van der Waals surface area contributed by atoms with Crippen LogP contribution in [0, 0.1) is 11.3 Å². The number of benzene rings is 1. The Hall–Kier alpha value is -2.13. The summed E-state index contributed by atoms with van der Waals surface area (Å²) in [6, 6.07) is 10.3. The standard InChI is InChI=1S/C24H29F3N2O3S/c1-33(30,31)21-6-3-19(4-7-21)20-5-8-22(28-15-20)32-16-18-9-13-29(14-10-18)17-23(11-2-12-23)24(25,26)27/h3-8,15,18H,2,9-14,16-17H2,1H3. The van der Waals surface area contributed by atoms with E-state index < -0.39 is 21.4 Å². The van der Waals surface area contributed by atoms with Gasteiger partial charge in [-0.3, -0.25) is 0 Å². The van der Waals surface area contributed by atoms with Crippen molar-refractivity contribution in [1.29, 1.82) is 0 Å². The molecule has 4 rings (SSSR count). The highest BCUT2D eigenvalue weighted by Gasteiger charge is 2.58. The second kappa shape index (κ2) is 9.25. The van der Waals surface area contributed by atoms with Crippen molar-refractivity contribution in [2.75, 3.05) is 32.5 Å². The number of halogens is 3. The Bertz CT molecular complexity index is 1040. The van der Waals surface area contributed by atoms with Crippen LogP contribution in [0.1, 0.15) is 32.1 Å². The Balaban J connectivity index is 1.25. The summed E-state index contributed by atoms with van der Waals surface area (Å²) in [6.45, 7) is 1.95. The molecule has 2 aliphatic rings. The highest BCUT2D eigenvalue weighted by molar-refractivity contribution is 7.90. The first-order chi connectivity index (χ1) is 15.6. The normalized spacial score (nSPS) is 19.8. The zero-order valence-electron chi connectivity index (χ0n) is 18.6. The molecule has 0 unspecified atom stereocenters. The minimum absolute atomic E-state index is 0.123. The molecule has 2 heterocycles. The van der Waals surface area contributed by atoms with Gasteiger partial charge in [-0.25, -0.2) is 13.4 Å². The number of rotatable bonds is 7. The number of alkyl halides is 3. The first-order valence-corrected chi connectivity index (χ1v) is 13.1. The average Bonchev–Trinajstić information content (AvgIpc) is 2.74. The molecule has 180 valence electrons. The molecule has 0 radical (unpaired) electrons. The van der Waals surface area contributed by atoms with Crippen LogP contribution in [0.3, 0.4) is 0 Å². The van der Waals surface area contributed by atoms with E-state index in [-0.39, 0.29) is 24.3 Å². The molecule has 33 heavy (non-hydrogen) atoms. The fourth-order valence-electron chi connectivity index (χ4n) is 4.61. The van der Waals surface area contributed by atoms with Crippen LogP contribution in [0.15, 0.2) is 47.5 Å². The number of nitrogens with zero attached hydrogens (tertiary/aromatic N) is 2. The third kappa shape index (κ3) is 5.51. The van der Waals surface area contributed by atoms with Crippen LogP contribution in [-0.2, 0) is 9.84 Å². The van der Waals surface area contributed by atoms with Crippen LogP contribution in [-0.4, -0.2) is 57.0 Å². The van der Waals surface area contributed by atoms with Gasteiger partial charge in [0.05, 0.1) is 16.9 Å². The molecular weight excluding hydrogens is 453 g/mol. The lowest BCUT2D eigenvalue weighted by molar-refractivity contribution is -0.256. The van der Waals surface area contributed by atoms with Gasteiger partial charge in [-0.1, -0.05) is 18.6 Å². The fourth-order valence-corrected chi connectivity index (χ4v) is 5.24. The maximum absolute atomic E-state index is 13.4. The monoisotopic (exact) mass is 482 g/mol. The number of aromatic nitrogens is 1. The fraction of sp³-hybridized carbons (Fsp3) is 0.542. The van der Waals surface area contributed by atoms with Gasteiger partial charge in [-0.05, 0) is 68.5 Å². The molecule has 2 aromatic rings. The van der Waals surface area contributed by atoms with E-state index in [0.29, 0.717) is 37.9 Å². The lowest BCUT2D eigenvalue weighted by Gasteiger charge is -2.47. The summed E-state index contributed by atoms with van der Waals surface area (Å²) >= 11 is 0. The highest BCUT2D eigenvalue weighted by atomic mass is 32.2. The van der Waals surface area contributed by atoms with Crippen molar-refractivity contribution in [2.24, 2.45) is 11.3 Å². The number of likely N-dealkylation sites (tertiary alicyclic amines) is 1. The molecule has 1 aromatic heterocycles. The molecule has 1 aromatic carbocycles. The summed E-state index contributed by atoms with van der Waals surface area (Å²) in [5, 5.41) is 0. The van der Waals surface area contributed by atoms with Gasteiger partial charge >= 0.3 is 6.18 Å². The Labute approximate surface area is 192 Å². The van der Waals surface area contributed by atoms with Crippen LogP contribution in [0.2, 0.25) is 0 Å². The molecule has 0 spiro atoms. The van der Waals surface area contributed by atoms with Gasteiger partial charge in [0.25, 0.3) is 0 Å². The first-order valence-electron chi connectivity index (χ1n) is 11.2. The van der Waals surface area contributed by atoms with E-state index in [4.69, 9.17) is 4.74 Å². The molecule has 1 saturated heterocycles. The minimum Gasteiger partial charge on any atom is -0.477 e. The smallest absolute Gasteiger partial charge is 0.395 e. The van der Waals surface area contributed by atoms with Crippen LogP contribution >= 0.6 is 0 Å². The Kier molecular flexibility index (Phi) is 6.73. The molecule has 9 heteroatoms. The molecule has 1 saturated carbocycles. The minimum atomic E-state index is -4.11. The SMILES string of the molecule is CS(=O)(=O)c1ccc(-c2ccc(OCC3CCN(CC4(C(F)(F)F)CCC4)CC3)nc2)cc1. The average molecular weight is 483 g/mol. The van der Waals surface area contributed by atoms with Gasteiger partial charge in [-0.2, -0.15) is 13.2 Å². The predicted octanol–water partition coefficient (Wildman–Crippen LogP) is 4.98. The van der Waals surface area contributed by atoms with Crippen molar-refractivity contribution in [1.82, 2.24) is 9.88 Å². The molecule has 0 amide bonds. The number of hydrogen-bond acceptors (Lipinski definition) is 5. The van der Waals surface area contributed by atoms with Gasteiger partial charge in [-0.15, -0.1) is 0 Å². The van der Waals surface area contributed by atoms with Crippen LogP contribution < -0.4 is 4.74 Å². The molecule has 0 atom stereocenters. The second-order valence-electron chi connectivity index (χ2n) is 9.34. The number of sulfone groups is 1. The number of hydrogen-bond donors (Lipinski definition) is 0. The molecule has 0 bridgehead atoms. The van der Waals surface area contributed by atoms with Crippen LogP contribution in [0.5, 0.6) is 5.88 Å². The van der Waals surface area contributed by atoms with Gasteiger partial charge in [0.2, 0.25) is 5.88 Å². The number of piperidine rings is 1. The third-order valence-electron chi connectivity index (χ3n) is 6.96. The van der Waals surface area contributed by atoms with Crippen LogP contribution in [0.4, 0.5) is 13.2 Å². The summed E-state index contributed by atoms with van der Waals surface area (Å²) < 4.78 is 69.3. The van der Waals surface area contributed by atoms with Gasteiger partial charge in [0, 0.05) is 30.6 Å². The Morgan fingerprint density at radius 1 is 1.06 bits per heavy atom. The van der Waals surface area contributed by atoms with Gasteiger partial charge < -0.3 is 9.64 Å². The van der Waals surface area contributed by atoms with E-state index >= 15 is 0 Å². The summed E-state index contributed by atoms with van der Waals surface area (Å²) in [5.74, 6) is 0.800. The third-order valence-corrected chi connectivity index (χ3v) is 8.09. The molecule has 0 N–H and O–H groups in total. The van der Waals surface area contributed by atoms with Gasteiger partial charge in [0.1, 0.15) is 0 Å². The van der Waals surface area contributed by atoms with Crippen molar-refractivity contribution in [3.05, 3.63) is 42.6 Å². The zero-order valence-corrected chi connectivity index (χ0v) is 19.5. The molecule has 1 aliphatic carbocycles. The second-order valence-corrected chi connectivity index (χ2v) is 11.4. The zero-order chi connectivity index (χ0) is 23.7. The molecule has 5 nitrogen and oxygen atoms in total. The Morgan fingerprint density at radius 3 is 2.18 bits per heavy atom. The topological polar surface area (TPSA) is 59.5 Å². The van der Waals surface area contributed by atoms with E-state index in [1.54, 1.807) is 36.5 Å². The van der Waals surface area contributed by atoms with E-state index in [9.17, 15) is 21.6 Å². The molecular formula is C24H29F3N2O3S. The van der Waals surface area contributed by atoms with Crippen molar-refractivity contribution in [3.8, 4) is 17.0 Å². The predicted molar refractivity (Wildman–Crippen MR) is 120 cm³/mol. The summed E-state index contributed by atoms with van der Waals surface area (Å²) in [6.07, 6.45) is 1.55. The van der Waals surface area contributed by atoms with E-state index in [1.807, 2.05) is 11.0 Å². The van der Waals surface area contributed by atoms with E-state index in [1.165, 1.54) is 6.26 Å². The number of ether oxygens (including phenoxy) is 1. The van der Waals surface area contributed by atoms with E-state index in [2.05, 4.69) is 4.98 Å². The van der Waals surface area contributed by atoms with Crippen molar-refractivity contribution < 1.29 is 26.3 Å². The molecule has 2 fully saturated rings. The lowest BCUT2D eigenvalue weighted by Crippen LogP contribution is -2.53. The van der Waals surface area contributed by atoms with Crippen LogP contribution in [0.25, 0.3) is 11.1 Å². The quantitative estimate of drug-likeness (QED) is 0.557. The van der Waals surface area contributed by atoms with Gasteiger partial charge in [0.15, 0.2) is 9.84 Å². The maximum Gasteiger partial charge on any atom is 0.395 e. The maximum atomic E-state index is 13.4. The summed E-state index contributed by atoms with van der Waals surface area (Å²) in [4.78, 5) is 6.58. The lowest BCUT2D eigenvalue weighted by atomic mass is 9.67. The summed E-state index contributed by atoms with van der Waals surface area (Å²) in [5.41, 5.74) is 0.217. The van der Waals surface area contributed by atoms with Crippen molar-refractivity contribution in [3.63, 3.8) is 0 Å². The van der Waals surface area contributed by atoms with Crippen molar-refractivity contribution >= 4 is 9.84 Å². The van der Waals surface area contributed by atoms with E-state index in [0.717, 1.165) is 24.0 Å². The molecule has 1 aliphatic heterocycles. The number of pyridine rings is 1. The highest BCUT2D eigenvalue weighted by Crippen LogP contribution is 2.53. The summed E-state index contributed by atoms with van der Waals surface area (Å²) in [7, 11) is -3.23. The van der Waals surface area contributed by atoms with Crippen molar-refractivity contribution in [2.45, 2.75) is 43.2 Å². The largest absolute Gasteiger partial charge is 0.477 e. The Morgan fingerprint density at radius 2 is 1.70 bits per heavy atom.